The Morgan fingerprint density at radius 2 is 2.07 bits per heavy atom. The number of aromatic hydroxyl groups is 1. The summed E-state index contributed by atoms with van der Waals surface area (Å²) in [4.78, 5) is 37.1. The number of thiophene rings is 1. The van der Waals surface area contributed by atoms with Gasteiger partial charge in [0.15, 0.2) is 11.5 Å². The van der Waals surface area contributed by atoms with E-state index in [1.807, 2.05) is 17.5 Å². The minimum Gasteiger partial charge on any atom is -0.500 e. The second-order valence-corrected chi connectivity index (χ2v) is 8.07. The van der Waals surface area contributed by atoms with E-state index in [4.69, 9.17) is 4.74 Å². The monoisotopic (exact) mass is 414 g/mol. The molecular formula is C20H18N2O6S. The summed E-state index contributed by atoms with van der Waals surface area (Å²) in [7, 11) is 1.29. The van der Waals surface area contributed by atoms with Crippen LogP contribution in [0.1, 0.15) is 41.5 Å². The number of Topliss-reactive ketones (excluding diaryl/α,β-unsaturated/α-hetero) is 1. The fourth-order valence-corrected chi connectivity index (χ4v) is 4.91. The van der Waals surface area contributed by atoms with Crippen LogP contribution < -0.4 is 10.1 Å². The first-order chi connectivity index (χ1) is 13.9. The van der Waals surface area contributed by atoms with Gasteiger partial charge in [0, 0.05) is 46.9 Å². The van der Waals surface area contributed by atoms with Crippen LogP contribution in [-0.4, -0.2) is 28.8 Å². The number of nitrogens with zero attached hydrogens (tertiary/aromatic N) is 1. The third-order valence-corrected chi connectivity index (χ3v) is 6.41. The summed E-state index contributed by atoms with van der Waals surface area (Å²) in [6.45, 7) is 0. The number of carbonyl (C=O) groups is 2. The Labute approximate surface area is 170 Å². The van der Waals surface area contributed by atoms with E-state index in [1.54, 1.807) is 11.3 Å². The number of hydrogen-bond acceptors (Lipinski definition) is 7. The lowest BCUT2D eigenvalue weighted by Crippen LogP contribution is -2.38. The van der Waals surface area contributed by atoms with Gasteiger partial charge in [0.25, 0.3) is 0 Å². The van der Waals surface area contributed by atoms with Crippen molar-refractivity contribution in [3.8, 4) is 11.5 Å². The molecule has 2 atom stereocenters. The van der Waals surface area contributed by atoms with Crippen molar-refractivity contribution < 1.29 is 24.4 Å². The number of phenolic OH excluding ortho intramolecular Hbond substituents is 1. The van der Waals surface area contributed by atoms with Gasteiger partial charge < -0.3 is 15.2 Å². The largest absolute Gasteiger partial charge is 0.500 e. The number of nitrogens with one attached hydrogen (secondary N) is 1. The van der Waals surface area contributed by atoms with Gasteiger partial charge in [0.1, 0.15) is 0 Å². The molecule has 1 aliphatic carbocycles. The molecule has 9 heteroatoms. The fourth-order valence-electron chi connectivity index (χ4n) is 4.08. The molecule has 1 aromatic carbocycles. The number of hydrogen-bond donors (Lipinski definition) is 2. The summed E-state index contributed by atoms with van der Waals surface area (Å²) in [5, 5.41) is 26.2. The van der Waals surface area contributed by atoms with Gasteiger partial charge in [-0.15, -0.1) is 11.3 Å². The SMILES string of the molecule is COc1cc(C2CC(=O)NC3=C2C(=O)CC(c2cccs2)C3)cc([N+](=O)[O-])c1O. The summed E-state index contributed by atoms with van der Waals surface area (Å²) in [6, 6.07) is 6.57. The number of carbonyl (C=O) groups excluding carboxylic acids is 2. The Balaban J connectivity index is 1.79. The molecule has 2 N–H and O–H groups in total. The molecule has 1 aromatic heterocycles. The predicted octanol–water partition coefficient (Wildman–Crippen LogP) is 3.37. The average molecular weight is 414 g/mol. The van der Waals surface area contributed by atoms with Gasteiger partial charge >= 0.3 is 5.69 Å². The number of benzene rings is 1. The van der Waals surface area contributed by atoms with Crippen molar-refractivity contribution in [1.29, 1.82) is 0 Å². The molecule has 4 rings (SSSR count). The van der Waals surface area contributed by atoms with Gasteiger partial charge in [-0.25, -0.2) is 0 Å². The first-order valence-corrected chi connectivity index (χ1v) is 9.91. The highest BCUT2D eigenvalue weighted by molar-refractivity contribution is 7.10. The molecule has 0 radical (unpaired) electrons. The number of ether oxygens (including phenoxy) is 1. The van der Waals surface area contributed by atoms with E-state index < -0.39 is 22.3 Å². The van der Waals surface area contributed by atoms with Crippen molar-refractivity contribution in [3.05, 3.63) is 61.5 Å². The second-order valence-electron chi connectivity index (χ2n) is 7.09. The van der Waals surface area contributed by atoms with Gasteiger partial charge in [-0.1, -0.05) is 6.07 Å². The van der Waals surface area contributed by atoms with Crippen molar-refractivity contribution in [2.45, 2.75) is 31.1 Å². The third-order valence-electron chi connectivity index (χ3n) is 5.38. The van der Waals surface area contributed by atoms with Crippen molar-refractivity contribution in [2.75, 3.05) is 7.11 Å². The predicted molar refractivity (Wildman–Crippen MR) is 105 cm³/mol. The molecule has 150 valence electrons. The van der Waals surface area contributed by atoms with Gasteiger partial charge in [0.2, 0.25) is 11.7 Å². The Kier molecular flexibility index (Phi) is 4.83. The molecule has 2 unspecified atom stereocenters. The summed E-state index contributed by atoms with van der Waals surface area (Å²) < 4.78 is 5.07. The summed E-state index contributed by atoms with van der Waals surface area (Å²) in [5.41, 5.74) is 0.943. The van der Waals surface area contributed by atoms with E-state index in [0.717, 1.165) is 4.88 Å². The van der Waals surface area contributed by atoms with Crippen molar-refractivity contribution in [1.82, 2.24) is 5.32 Å². The third kappa shape index (κ3) is 3.38. The maximum atomic E-state index is 13.0. The van der Waals surface area contributed by atoms with Crippen LogP contribution in [0.2, 0.25) is 0 Å². The zero-order chi connectivity index (χ0) is 20.7. The number of allylic oxidation sites excluding steroid dienone is 2. The smallest absolute Gasteiger partial charge is 0.314 e. The van der Waals surface area contributed by atoms with Crippen LogP contribution in [0.25, 0.3) is 0 Å². The molecule has 0 bridgehead atoms. The topological polar surface area (TPSA) is 119 Å². The molecule has 1 aliphatic heterocycles. The Bertz CT molecular complexity index is 1040. The highest BCUT2D eigenvalue weighted by atomic mass is 32.1. The molecule has 0 saturated carbocycles. The highest BCUT2D eigenvalue weighted by Crippen LogP contribution is 2.46. The molecule has 0 fully saturated rings. The number of amides is 1. The van der Waals surface area contributed by atoms with Crippen LogP contribution in [0, 0.1) is 10.1 Å². The van der Waals surface area contributed by atoms with Crippen LogP contribution in [0.3, 0.4) is 0 Å². The maximum Gasteiger partial charge on any atom is 0.314 e. The number of ketones is 1. The fraction of sp³-hybridized carbons (Fsp3) is 0.300. The van der Waals surface area contributed by atoms with E-state index in [-0.39, 0.29) is 29.8 Å². The molecular weight excluding hydrogens is 396 g/mol. The van der Waals surface area contributed by atoms with Gasteiger partial charge in [-0.3, -0.25) is 19.7 Å². The number of nitro benzene ring substituents is 1. The van der Waals surface area contributed by atoms with Crippen LogP contribution >= 0.6 is 11.3 Å². The first kappa shape index (κ1) is 19.1. The minimum absolute atomic E-state index is 0.000669. The Hall–Kier alpha value is -3.20. The highest BCUT2D eigenvalue weighted by Gasteiger charge is 2.39. The average Bonchev–Trinajstić information content (AvgIpc) is 3.21. The molecule has 2 heterocycles. The van der Waals surface area contributed by atoms with Crippen molar-refractivity contribution in [3.63, 3.8) is 0 Å². The molecule has 29 heavy (non-hydrogen) atoms. The molecule has 8 nitrogen and oxygen atoms in total. The quantitative estimate of drug-likeness (QED) is 0.585. The Morgan fingerprint density at radius 3 is 2.72 bits per heavy atom. The van der Waals surface area contributed by atoms with E-state index in [2.05, 4.69) is 5.32 Å². The Morgan fingerprint density at radius 1 is 1.28 bits per heavy atom. The number of rotatable bonds is 4. The van der Waals surface area contributed by atoms with Crippen molar-refractivity contribution >= 4 is 28.7 Å². The van der Waals surface area contributed by atoms with E-state index >= 15 is 0 Å². The molecule has 0 saturated heterocycles. The lowest BCUT2D eigenvalue weighted by Gasteiger charge is -2.34. The lowest BCUT2D eigenvalue weighted by atomic mass is 9.74. The van der Waals surface area contributed by atoms with E-state index in [0.29, 0.717) is 29.7 Å². The van der Waals surface area contributed by atoms with Crippen molar-refractivity contribution in [2.24, 2.45) is 0 Å². The van der Waals surface area contributed by atoms with Crippen LogP contribution in [-0.2, 0) is 9.59 Å². The van der Waals surface area contributed by atoms with E-state index in [9.17, 15) is 24.8 Å². The van der Waals surface area contributed by atoms with Crippen LogP contribution in [0.15, 0.2) is 40.9 Å². The molecule has 2 aliphatic rings. The standard InChI is InChI=1S/C20H18N2O6S/c1-28-16-8-10(6-14(20(16)25)22(26)27)12-9-18(24)21-13-5-11(7-15(23)19(12)13)17-3-2-4-29-17/h2-4,6,8,11-12,25H,5,7,9H2,1H3,(H,21,24). The number of phenols is 1. The van der Waals surface area contributed by atoms with Crippen LogP contribution in [0.5, 0.6) is 11.5 Å². The minimum atomic E-state index is -0.713. The van der Waals surface area contributed by atoms with Gasteiger partial charge in [0.05, 0.1) is 12.0 Å². The molecule has 2 aromatic rings. The summed E-state index contributed by atoms with van der Waals surface area (Å²) in [6.07, 6.45) is 0.851. The molecule has 1 amide bonds. The van der Waals surface area contributed by atoms with E-state index in [1.165, 1.54) is 19.2 Å². The van der Waals surface area contributed by atoms with Crippen LogP contribution in [0.4, 0.5) is 5.69 Å². The summed E-state index contributed by atoms with van der Waals surface area (Å²) >= 11 is 1.57. The normalized spacial score (nSPS) is 21.6. The zero-order valence-corrected chi connectivity index (χ0v) is 16.3. The zero-order valence-electron chi connectivity index (χ0n) is 15.5. The summed E-state index contributed by atoms with van der Waals surface area (Å²) in [5.74, 6) is -1.59. The maximum absolute atomic E-state index is 13.0. The first-order valence-electron chi connectivity index (χ1n) is 9.03. The van der Waals surface area contributed by atoms with Gasteiger partial charge in [-0.2, -0.15) is 0 Å². The molecule has 0 spiro atoms. The number of nitro groups is 1. The number of methoxy groups -OCH3 is 1. The lowest BCUT2D eigenvalue weighted by molar-refractivity contribution is -0.386. The van der Waals surface area contributed by atoms with Gasteiger partial charge in [-0.05, 0) is 29.5 Å². The second kappa shape index (κ2) is 7.32.